The van der Waals surface area contributed by atoms with Gasteiger partial charge in [0.25, 0.3) is 0 Å². The number of amides is 1. The van der Waals surface area contributed by atoms with E-state index >= 15 is 0 Å². The predicted molar refractivity (Wildman–Crippen MR) is 114 cm³/mol. The van der Waals surface area contributed by atoms with Crippen LogP contribution in [0.15, 0.2) is 58.2 Å². The molecule has 0 aliphatic carbocycles. The zero-order chi connectivity index (χ0) is 22.2. The van der Waals surface area contributed by atoms with Crippen LogP contribution in [0.4, 0.5) is 4.39 Å². The maximum absolute atomic E-state index is 14.0. The second-order valence-electron chi connectivity index (χ2n) is 7.32. The minimum absolute atomic E-state index is 0.0635. The molecule has 1 saturated heterocycles. The van der Waals surface area contributed by atoms with Crippen molar-refractivity contribution in [2.45, 2.75) is 24.9 Å². The number of hydrogen-bond donors (Lipinski definition) is 0. The number of carbonyl (C=O) groups excluding carboxylic acids is 1. The van der Waals surface area contributed by atoms with E-state index in [4.69, 9.17) is 0 Å². The number of fused-ring (bicyclic) bond motifs is 1. The number of benzene rings is 2. The lowest BCUT2D eigenvalue weighted by atomic mass is 10.3. The number of rotatable bonds is 5. The SMILES string of the molecule is CCn1c(=O)n(CC(=O)N2CCN(S(=O)(=O)c3ccccc3F)CC2)c2ccccc21. The molecule has 0 atom stereocenters. The number of imidazole rings is 1. The van der Waals surface area contributed by atoms with E-state index in [1.165, 1.54) is 32.0 Å². The summed E-state index contributed by atoms with van der Waals surface area (Å²) in [6.45, 7) is 2.72. The highest BCUT2D eigenvalue weighted by atomic mass is 32.2. The molecule has 4 rings (SSSR count). The van der Waals surface area contributed by atoms with Crippen LogP contribution in [0, 0.1) is 5.82 Å². The van der Waals surface area contributed by atoms with Gasteiger partial charge in [-0.25, -0.2) is 17.6 Å². The third-order valence-electron chi connectivity index (χ3n) is 5.58. The summed E-state index contributed by atoms with van der Waals surface area (Å²) in [6, 6.07) is 12.5. The molecule has 1 aromatic heterocycles. The quantitative estimate of drug-likeness (QED) is 0.595. The molecular weight excluding hydrogens is 423 g/mol. The van der Waals surface area contributed by atoms with E-state index in [2.05, 4.69) is 0 Å². The van der Waals surface area contributed by atoms with E-state index in [-0.39, 0.29) is 49.2 Å². The third-order valence-corrected chi connectivity index (χ3v) is 7.51. The maximum atomic E-state index is 14.0. The van der Waals surface area contributed by atoms with E-state index in [9.17, 15) is 22.4 Å². The van der Waals surface area contributed by atoms with Crippen molar-refractivity contribution >= 4 is 27.0 Å². The maximum Gasteiger partial charge on any atom is 0.329 e. The van der Waals surface area contributed by atoms with E-state index in [0.717, 1.165) is 11.6 Å². The molecule has 2 heterocycles. The topological polar surface area (TPSA) is 84.6 Å². The first-order chi connectivity index (χ1) is 14.8. The number of carbonyl (C=O) groups is 1. The Labute approximate surface area is 179 Å². The van der Waals surface area contributed by atoms with Crippen molar-refractivity contribution in [3.8, 4) is 0 Å². The summed E-state index contributed by atoms with van der Waals surface area (Å²) in [7, 11) is -3.97. The van der Waals surface area contributed by atoms with E-state index < -0.39 is 15.8 Å². The van der Waals surface area contributed by atoms with Crippen molar-refractivity contribution in [1.82, 2.24) is 18.3 Å². The lowest BCUT2D eigenvalue weighted by Crippen LogP contribution is -2.51. The predicted octanol–water partition coefficient (Wildman–Crippen LogP) is 1.50. The molecule has 1 amide bonds. The lowest BCUT2D eigenvalue weighted by Gasteiger charge is -2.34. The molecule has 0 spiro atoms. The molecule has 3 aromatic rings. The monoisotopic (exact) mass is 446 g/mol. The molecular formula is C21H23FN4O4S. The first-order valence-electron chi connectivity index (χ1n) is 10.0. The molecule has 2 aromatic carbocycles. The van der Waals surface area contributed by atoms with Crippen molar-refractivity contribution in [3.05, 3.63) is 64.8 Å². The van der Waals surface area contributed by atoms with Gasteiger partial charge in [0.05, 0.1) is 11.0 Å². The number of sulfonamides is 1. The fraction of sp³-hybridized carbons (Fsp3) is 0.333. The molecule has 1 fully saturated rings. The summed E-state index contributed by atoms with van der Waals surface area (Å²) in [5, 5.41) is 0. The second-order valence-corrected chi connectivity index (χ2v) is 9.22. The number of para-hydroxylation sites is 2. The van der Waals surface area contributed by atoms with Gasteiger partial charge in [0.1, 0.15) is 17.3 Å². The number of aryl methyl sites for hydroxylation is 1. The zero-order valence-corrected chi connectivity index (χ0v) is 17.9. The Morgan fingerprint density at radius 2 is 1.52 bits per heavy atom. The Hall–Kier alpha value is -2.98. The van der Waals surface area contributed by atoms with Gasteiger partial charge in [-0.05, 0) is 31.2 Å². The summed E-state index contributed by atoms with van der Waals surface area (Å²) in [6.07, 6.45) is 0. The standard InChI is InChI=1S/C21H23FN4O4S/c1-2-25-17-8-4-5-9-18(17)26(21(25)28)15-20(27)23-11-13-24(14-12-23)31(29,30)19-10-6-3-7-16(19)22/h3-10H,2,11-15H2,1H3. The van der Waals surface area contributed by atoms with Gasteiger partial charge in [-0.2, -0.15) is 4.31 Å². The van der Waals surface area contributed by atoms with Gasteiger partial charge in [0.15, 0.2) is 0 Å². The van der Waals surface area contributed by atoms with Crippen molar-refractivity contribution in [2.75, 3.05) is 26.2 Å². The van der Waals surface area contributed by atoms with Crippen LogP contribution < -0.4 is 5.69 Å². The number of aromatic nitrogens is 2. The van der Waals surface area contributed by atoms with Crippen molar-refractivity contribution in [3.63, 3.8) is 0 Å². The van der Waals surface area contributed by atoms with Gasteiger partial charge in [-0.3, -0.25) is 13.9 Å². The van der Waals surface area contributed by atoms with Crippen molar-refractivity contribution in [1.29, 1.82) is 0 Å². The highest BCUT2D eigenvalue weighted by molar-refractivity contribution is 7.89. The Morgan fingerprint density at radius 3 is 2.13 bits per heavy atom. The van der Waals surface area contributed by atoms with Crippen LogP contribution in [-0.4, -0.2) is 58.8 Å². The molecule has 0 bridgehead atoms. The van der Waals surface area contributed by atoms with Crippen LogP contribution in [0.5, 0.6) is 0 Å². The molecule has 31 heavy (non-hydrogen) atoms. The first kappa shape index (κ1) is 21.3. The minimum Gasteiger partial charge on any atom is -0.338 e. The van der Waals surface area contributed by atoms with Gasteiger partial charge in [-0.15, -0.1) is 0 Å². The Morgan fingerprint density at radius 1 is 0.935 bits per heavy atom. The summed E-state index contributed by atoms with van der Waals surface area (Å²) >= 11 is 0. The van der Waals surface area contributed by atoms with Crippen molar-refractivity contribution in [2.24, 2.45) is 0 Å². The lowest BCUT2D eigenvalue weighted by molar-refractivity contribution is -0.133. The summed E-state index contributed by atoms with van der Waals surface area (Å²) in [4.78, 5) is 26.8. The molecule has 0 saturated carbocycles. The van der Waals surface area contributed by atoms with Crippen LogP contribution in [0.1, 0.15) is 6.92 Å². The van der Waals surface area contributed by atoms with Gasteiger partial charge >= 0.3 is 5.69 Å². The summed E-state index contributed by atoms with van der Waals surface area (Å²) in [5.74, 6) is -1.06. The number of hydrogen-bond acceptors (Lipinski definition) is 4. The molecule has 1 aliphatic rings. The highest BCUT2D eigenvalue weighted by Gasteiger charge is 2.32. The minimum atomic E-state index is -3.97. The van der Waals surface area contributed by atoms with E-state index in [1.807, 2.05) is 25.1 Å². The average Bonchev–Trinajstić information content (AvgIpc) is 3.04. The van der Waals surface area contributed by atoms with Gasteiger partial charge in [0.2, 0.25) is 15.9 Å². The van der Waals surface area contributed by atoms with E-state index in [1.54, 1.807) is 10.6 Å². The third kappa shape index (κ3) is 3.77. The zero-order valence-electron chi connectivity index (χ0n) is 17.1. The largest absolute Gasteiger partial charge is 0.338 e. The average molecular weight is 447 g/mol. The van der Waals surface area contributed by atoms with Crippen LogP contribution >= 0.6 is 0 Å². The Balaban J connectivity index is 1.49. The molecule has 10 heteroatoms. The molecule has 0 radical (unpaired) electrons. The molecule has 8 nitrogen and oxygen atoms in total. The van der Waals surface area contributed by atoms with Crippen LogP contribution in [0.3, 0.4) is 0 Å². The van der Waals surface area contributed by atoms with E-state index in [0.29, 0.717) is 12.1 Å². The molecule has 0 N–H and O–H groups in total. The van der Waals surface area contributed by atoms with Crippen molar-refractivity contribution < 1.29 is 17.6 Å². The molecule has 0 unspecified atom stereocenters. The van der Waals surface area contributed by atoms with Crippen LogP contribution in [0.2, 0.25) is 0 Å². The fourth-order valence-electron chi connectivity index (χ4n) is 3.94. The van der Waals surface area contributed by atoms with Crippen LogP contribution in [-0.2, 0) is 27.9 Å². The molecule has 164 valence electrons. The molecule has 1 aliphatic heterocycles. The Kier molecular flexibility index (Phi) is 5.67. The van der Waals surface area contributed by atoms with Gasteiger partial charge in [0, 0.05) is 32.7 Å². The van der Waals surface area contributed by atoms with Gasteiger partial charge < -0.3 is 4.90 Å². The summed E-state index contributed by atoms with van der Waals surface area (Å²) in [5.41, 5.74) is 1.20. The fourth-order valence-corrected chi connectivity index (χ4v) is 5.42. The number of halogens is 1. The normalized spacial score (nSPS) is 15.5. The van der Waals surface area contributed by atoms with Crippen LogP contribution in [0.25, 0.3) is 11.0 Å². The summed E-state index contributed by atoms with van der Waals surface area (Å²) < 4.78 is 43.7. The first-order valence-corrected chi connectivity index (χ1v) is 11.5. The highest BCUT2D eigenvalue weighted by Crippen LogP contribution is 2.20. The Bertz CT molecular complexity index is 1290. The number of piperazine rings is 1. The smallest absolute Gasteiger partial charge is 0.329 e. The number of nitrogens with zero attached hydrogens (tertiary/aromatic N) is 4. The van der Waals surface area contributed by atoms with Gasteiger partial charge in [-0.1, -0.05) is 24.3 Å². The second kappa shape index (κ2) is 8.27.